The number of carbonyl (C=O) groups excluding carboxylic acids is 1. The fraction of sp³-hybridized carbons (Fsp3) is 0.194. The van der Waals surface area contributed by atoms with Crippen molar-refractivity contribution in [3.63, 3.8) is 0 Å². The fourth-order valence-electron chi connectivity index (χ4n) is 5.61. The molecule has 2 aromatic carbocycles. The molecule has 13 nitrogen and oxygen atoms in total. The monoisotopic (exact) mass is 658 g/mol. The van der Waals surface area contributed by atoms with Crippen molar-refractivity contribution in [2.45, 2.75) is 20.8 Å². The zero-order chi connectivity index (χ0) is 33.9. The van der Waals surface area contributed by atoms with Crippen molar-refractivity contribution in [3.8, 4) is 68.0 Å². The fourth-order valence-corrected chi connectivity index (χ4v) is 5.61. The summed E-state index contributed by atoms with van der Waals surface area (Å²) in [4.78, 5) is 35.2. The van der Waals surface area contributed by atoms with Crippen LogP contribution in [0.5, 0.6) is 23.0 Å². The van der Waals surface area contributed by atoms with Crippen LogP contribution >= 0.6 is 0 Å². The van der Waals surface area contributed by atoms with Crippen LogP contribution in [0.25, 0.3) is 45.0 Å². The molecule has 0 saturated carbocycles. The van der Waals surface area contributed by atoms with E-state index in [0.29, 0.717) is 44.1 Å². The Morgan fingerprint density at radius 3 is 1.65 bits per heavy atom. The summed E-state index contributed by atoms with van der Waals surface area (Å²) in [6, 6.07) is 19.3. The molecule has 0 fully saturated rings. The zero-order valence-corrected chi connectivity index (χ0v) is 27.2. The van der Waals surface area contributed by atoms with E-state index < -0.39 is 0 Å². The van der Waals surface area contributed by atoms with E-state index in [4.69, 9.17) is 24.7 Å². The van der Waals surface area contributed by atoms with E-state index in [1.54, 1.807) is 12.4 Å². The summed E-state index contributed by atoms with van der Waals surface area (Å²) in [7, 11) is 0. The number of pyridine rings is 2. The van der Waals surface area contributed by atoms with Crippen molar-refractivity contribution < 1.29 is 23.7 Å². The van der Waals surface area contributed by atoms with Gasteiger partial charge < -0.3 is 34.6 Å². The van der Waals surface area contributed by atoms with Gasteiger partial charge >= 0.3 is 0 Å². The van der Waals surface area contributed by atoms with Gasteiger partial charge in [-0.25, -0.2) is 9.97 Å². The van der Waals surface area contributed by atoms with Crippen molar-refractivity contribution >= 4 is 17.8 Å². The van der Waals surface area contributed by atoms with E-state index in [2.05, 4.69) is 35.2 Å². The lowest BCUT2D eigenvalue weighted by Crippen LogP contribution is -2.15. The molecule has 13 heteroatoms. The number of benzene rings is 2. The summed E-state index contributed by atoms with van der Waals surface area (Å²) in [5.74, 6) is 3.47. The second kappa shape index (κ2) is 13.4. The number of nitrogens with zero attached hydrogens (tertiary/aromatic N) is 4. The summed E-state index contributed by atoms with van der Waals surface area (Å²) >= 11 is 0. The highest BCUT2D eigenvalue weighted by atomic mass is 16.6. The maximum Gasteiger partial charge on any atom is 0.223 e. The summed E-state index contributed by atoms with van der Waals surface area (Å²) < 4.78 is 22.5. The van der Waals surface area contributed by atoms with Gasteiger partial charge in [0.1, 0.15) is 26.4 Å². The number of hydrogen-bond donors (Lipinski definition) is 4. The molecule has 6 heterocycles. The first-order chi connectivity index (χ1) is 23.8. The van der Waals surface area contributed by atoms with Crippen LogP contribution in [0, 0.1) is 13.8 Å². The number of carbonyl (C=O) groups is 1. The Hall–Kier alpha value is -6.37. The molecular weight excluding hydrogens is 624 g/mol. The van der Waals surface area contributed by atoms with Crippen molar-refractivity contribution in [3.05, 3.63) is 84.4 Å². The van der Waals surface area contributed by atoms with Crippen LogP contribution in [0.3, 0.4) is 0 Å². The van der Waals surface area contributed by atoms with Gasteiger partial charge in [0.25, 0.3) is 0 Å². The predicted molar refractivity (Wildman–Crippen MR) is 185 cm³/mol. The lowest BCUT2D eigenvalue weighted by Gasteiger charge is -2.18. The maximum absolute atomic E-state index is 11.4. The number of nitrogen functional groups attached to an aromatic ring is 1. The van der Waals surface area contributed by atoms with E-state index in [1.165, 1.54) is 6.92 Å². The Labute approximate surface area is 281 Å². The average Bonchev–Trinajstić information content (AvgIpc) is 3.71. The van der Waals surface area contributed by atoms with Crippen molar-refractivity contribution in [2.24, 2.45) is 0 Å². The first-order valence-corrected chi connectivity index (χ1v) is 15.7. The molecule has 1 amide bonds. The second-order valence-electron chi connectivity index (χ2n) is 11.4. The van der Waals surface area contributed by atoms with E-state index in [0.717, 1.165) is 73.7 Å². The number of rotatable bonds is 5. The Morgan fingerprint density at radius 2 is 1.14 bits per heavy atom. The molecule has 6 aromatic rings. The Kier molecular flexibility index (Phi) is 8.54. The Bertz CT molecular complexity index is 2160. The summed E-state index contributed by atoms with van der Waals surface area (Å²) in [5.41, 5.74) is 14.6. The molecule has 0 unspecified atom stereocenters. The van der Waals surface area contributed by atoms with Crippen LogP contribution in [0.4, 0.5) is 11.9 Å². The number of aryl methyl sites for hydroxylation is 2. The number of amides is 1. The number of nitrogens with two attached hydrogens (primary N) is 1. The number of aromatic nitrogens is 6. The molecule has 4 aromatic heterocycles. The molecule has 0 saturated heterocycles. The van der Waals surface area contributed by atoms with Crippen molar-refractivity contribution in [2.75, 3.05) is 37.5 Å². The maximum atomic E-state index is 11.4. The molecule has 0 radical (unpaired) electrons. The highest BCUT2D eigenvalue weighted by Crippen LogP contribution is 2.39. The number of fused-ring (bicyclic) bond motifs is 2. The SMILES string of the molecule is CC(=O)Nc1nc(-c2ccc3c(c2)OCCO3)c(-c2ccnc(C)c2)[nH]1.Cc1cc(-c2[nH]c(N)nc2-c2ccc3c(c2)OCCO3)ccn1. The number of H-pyrrole nitrogens is 2. The van der Waals surface area contributed by atoms with Crippen LogP contribution in [0.2, 0.25) is 0 Å². The molecule has 0 bridgehead atoms. The summed E-state index contributed by atoms with van der Waals surface area (Å²) in [6.45, 7) is 7.51. The number of hydrogen-bond acceptors (Lipinski definition) is 10. The standard InChI is InChI=1S/C19H18N4O3.C17H16N4O2/c1-11-9-14(5-6-20-11)18-17(22-19(23-18)21-12(2)24)13-3-4-15-16(10-13)26-8-7-25-15;1-10-8-12(4-5-19-10)16-15(20-17(18)21-16)11-2-3-13-14(9-11)23-7-6-22-13/h3-6,9-10H,7-8H2,1-2H3,(H2,21,22,23,24);2-5,8-9H,6-7H2,1H3,(H3,18,20,21). The third-order valence-electron chi connectivity index (χ3n) is 7.72. The van der Waals surface area contributed by atoms with Crippen LogP contribution in [0.15, 0.2) is 73.1 Å². The molecule has 248 valence electrons. The van der Waals surface area contributed by atoms with Gasteiger partial charge in [-0.2, -0.15) is 0 Å². The Balaban J connectivity index is 0.000000155. The molecule has 0 aliphatic carbocycles. The average molecular weight is 659 g/mol. The van der Waals surface area contributed by atoms with Gasteiger partial charge in [0, 0.05) is 53.0 Å². The van der Waals surface area contributed by atoms with Crippen LogP contribution in [-0.2, 0) is 4.79 Å². The number of anilines is 2. The normalized spacial score (nSPS) is 12.9. The van der Waals surface area contributed by atoms with E-state index in [-0.39, 0.29) is 5.91 Å². The van der Waals surface area contributed by atoms with Crippen LogP contribution in [-0.4, -0.2) is 62.2 Å². The highest BCUT2D eigenvalue weighted by Gasteiger charge is 2.20. The van der Waals surface area contributed by atoms with Gasteiger partial charge in [-0.3, -0.25) is 20.1 Å². The smallest absolute Gasteiger partial charge is 0.223 e. The molecule has 2 aliphatic heterocycles. The molecule has 0 spiro atoms. The summed E-state index contributed by atoms with van der Waals surface area (Å²) in [6.07, 6.45) is 3.52. The molecule has 2 aliphatic rings. The molecular formula is C36H34N8O5. The lowest BCUT2D eigenvalue weighted by atomic mass is 10.0. The molecule has 5 N–H and O–H groups in total. The first kappa shape index (κ1) is 31.2. The third-order valence-corrected chi connectivity index (χ3v) is 7.72. The van der Waals surface area contributed by atoms with E-state index in [9.17, 15) is 4.79 Å². The lowest BCUT2D eigenvalue weighted by molar-refractivity contribution is -0.114. The molecule has 49 heavy (non-hydrogen) atoms. The quantitative estimate of drug-likeness (QED) is 0.173. The largest absolute Gasteiger partial charge is 0.486 e. The van der Waals surface area contributed by atoms with Gasteiger partial charge in [-0.1, -0.05) is 0 Å². The van der Waals surface area contributed by atoms with Gasteiger partial charge in [0.05, 0.1) is 22.8 Å². The first-order valence-electron chi connectivity index (χ1n) is 15.7. The number of aromatic amines is 2. The van der Waals surface area contributed by atoms with Gasteiger partial charge in [0.2, 0.25) is 11.9 Å². The predicted octanol–water partition coefficient (Wildman–Crippen LogP) is 5.98. The molecule has 0 atom stereocenters. The van der Waals surface area contributed by atoms with E-state index in [1.807, 2.05) is 74.5 Å². The van der Waals surface area contributed by atoms with Gasteiger partial charge in [-0.15, -0.1) is 0 Å². The van der Waals surface area contributed by atoms with E-state index >= 15 is 0 Å². The van der Waals surface area contributed by atoms with Gasteiger partial charge in [0.15, 0.2) is 28.9 Å². The van der Waals surface area contributed by atoms with Crippen LogP contribution < -0.4 is 30.0 Å². The number of ether oxygens (including phenoxy) is 4. The van der Waals surface area contributed by atoms with Gasteiger partial charge in [-0.05, 0) is 74.5 Å². The molecule has 8 rings (SSSR count). The summed E-state index contributed by atoms with van der Waals surface area (Å²) in [5, 5.41) is 2.70. The minimum Gasteiger partial charge on any atom is -0.486 e. The number of imidazole rings is 2. The third kappa shape index (κ3) is 6.86. The zero-order valence-electron chi connectivity index (χ0n) is 27.2. The van der Waals surface area contributed by atoms with Crippen molar-refractivity contribution in [1.29, 1.82) is 0 Å². The van der Waals surface area contributed by atoms with Crippen LogP contribution in [0.1, 0.15) is 18.3 Å². The second-order valence-corrected chi connectivity index (χ2v) is 11.4. The topological polar surface area (TPSA) is 175 Å². The minimum atomic E-state index is -0.190. The van der Waals surface area contributed by atoms with Crippen molar-refractivity contribution in [1.82, 2.24) is 29.9 Å². The Morgan fingerprint density at radius 1 is 0.653 bits per heavy atom. The number of nitrogens with one attached hydrogen (secondary N) is 3. The minimum absolute atomic E-state index is 0.190. The highest BCUT2D eigenvalue weighted by molar-refractivity contribution is 5.89.